The molecule has 2 atom stereocenters. The van der Waals surface area contributed by atoms with Gasteiger partial charge in [0, 0.05) is 6.42 Å². The molecule has 0 aliphatic heterocycles. The van der Waals surface area contributed by atoms with Crippen molar-refractivity contribution in [3.05, 3.63) is 36.5 Å². The Labute approximate surface area is 249 Å². The molecule has 1 amide bonds. The monoisotopic (exact) mass is 562 g/mol. The molecule has 3 N–H and O–H groups in total. The normalized spacial score (nSPS) is 13.6. The van der Waals surface area contributed by atoms with Crippen LogP contribution < -0.4 is 5.32 Å². The van der Waals surface area contributed by atoms with E-state index in [1.54, 1.807) is 0 Å². The van der Waals surface area contributed by atoms with Gasteiger partial charge in [0.15, 0.2) is 0 Å². The van der Waals surface area contributed by atoms with Crippen LogP contribution in [0.25, 0.3) is 0 Å². The second kappa shape index (κ2) is 32.1. The number of amides is 1. The van der Waals surface area contributed by atoms with E-state index in [0.29, 0.717) is 12.8 Å². The van der Waals surface area contributed by atoms with E-state index < -0.39 is 12.1 Å². The Morgan fingerprint density at radius 2 is 1.10 bits per heavy atom. The van der Waals surface area contributed by atoms with Gasteiger partial charge < -0.3 is 15.5 Å². The van der Waals surface area contributed by atoms with Gasteiger partial charge in [0.25, 0.3) is 0 Å². The number of carbonyl (C=O) groups is 1. The Kier molecular flexibility index (Phi) is 31.0. The summed E-state index contributed by atoms with van der Waals surface area (Å²) in [6, 6.07) is -0.542. The standard InChI is InChI=1S/C36H67NO3/c1-3-5-7-9-11-13-15-17-18-20-22-24-26-28-30-32-36(40)37-34(33-38)35(39)31-29-27-25-23-21-19-16-14-12-10-8-6-4-2/h5,7,11,13,17-18,34-35,38-39H,3-4,6,8-10,12,14-16,19-33H2,1-2H3,(H,37,40). The second-order valence-corrected chi connectivity index (χ2v) is 11.6. The highest BCUT2D eigenvalue weighted by Crippen LogP contribution is 2.14. The maximum atomic E-state index is 12.3. The van der Waals surface area contributed by atoms with Crippen molar-refractivity contribution in [1.29, 1.82) is 0 Å². The minimum atomic E-state index is -0.664. The smallest absolute Gasteiger partial charge is 0.220 e. The maximum absolute atomic E-state index is 12.3. The minimum absolute atomic E-state index is 0.0513. The number of nitrogens with one attached hydrogen (secondary N) is 1. The zero-order valence-corrected chi connectivity index (χ0v) is 26.6. The van der Waals surface area contributed by atoms with Gasteiger partial charge in [-0.25, -0.2) is 0 Å². The summed E-state index contributed by atoms with van der Waals surface area (Å²) >= 11 is 0. The van der Waals surface area contributed by atoms with Crippen molar-refractivity contribution in [1.82, 2.24) is 5.32 Å². The van der Waals surface area contributed by atoms with Gasteiger partial charge in [-0.2, -0.15) is 0 Å². The number of hydrogen-bond acceptors (Lipinski definition) is 3. The Hall–Kier alpha value is -1.39. The Morgan fingerprint density at radius 1 is 0.625 bits per heavy atom. The molecular weight excluding hydrogens is 494 g/mol. The highest BCUT2D eigenvalue weighted by molar-refractivity contribution is 5.76. The lowest BCUT2D eigenvalue weighted by molar-refractivity contribution is -0.123. The lowest BCUT2D eigenvalue weighted by Gasteiger charge is -2.22. The fourth-order valence-electron chi connectivity index (χ4n) is 5.02. The topological polar surface area (TPSA) is 69.6 Å². The fraction of sp³-hybridized carbons (Fsp3) is 0.806. The van der Waals surface area contributed by atoms with Crippen molar-refractivity contribution in [3.8, 4) is 0 Å². The molecule has 4 nitrogen and oxygen atoms in total. The van der Waals surface area contributed by atoms with Crippen molar-refractivity contribution >= 4 is 5.91 Å². The van der Waals surface area contributed by atoms with E-state index in [1.807, 2.05) is 0 Å². The van der Waals surface area contributed by atoms with Gasteiger partial charge in [-0.3, -0.25) is 4.79 Å². The Bertz CT molecular complexity index is 613. The first-order valence-corrected chi connectivity index (χ1v) is 17.2. The largest absolute Gasteiger partial charge is 0.394 e. The van der Waals surface area contributed by atoms with Gasteiger partial charge in [0.05, 0.1) is 18.8 Å². The van der Waals surface area contributed by atoms with E-state index in [9.17, 15) is 15.0 Å². The molecular formula is C36H67NO3. The van der Waals surface area contributed by atoms with Crippen LogP contribution >= 0.6 is 0 Å². The molecule has 0 radical (unpaired) electrons. The predicted molar refractivity (Wildman–Crippen MR) is 175 cm³/mol. The van der Waals surface area contributed by atoms with Crippen LogP contribution in [0, 0.1) is 0 Å². The molecule has 2 unspecified atom stereocenters. The molecule has 0 fully saturated rings. The average molecular weight is 562 g/mol. The summed E-state index contributed by atoms with van der Waals surface area (Å²) < 4.78 is 0. The molecule has 0 bridgehead atoms. The van der Waals surface area contributed by atoms with Gasteiger partial charge in [0.2, 0.25) is 5.91 Å². The molecule has 0 rings (SSSR count). The highest BCUT2D eigenvalue weighted by Gasteiger charge is 2.19. The first-order valence-electron chi connectivity index (χ1n) is 17.2. The van der Waals surface area contributed by atoms with Crippen LogP contribution in [0.1, 0.15) is 168 Å². The third kappa shape index (κ3) is 28.1. The molecule has 234 valence electrons. The zero-order valence-electron chi connectivity index (χ0n) is 26.6. The van der Waals surface area contributed by atoms with Crippen LogP contribution in [0.15, 0.2) is 36.5 Å². The number of unbranched alkanes of at least 4 members (excludes halogenated alkanes) is 17. The number of aliphatic hydroxyl groups is 2. The van der Waals surface area contributed by atoms with Crippen LogP contribution in [-0.2, 0) is 4.79 Å². The molecule has 0 heterocycles. The van der Waals surface area contributed by atoms with Crippen LogP contribution in [0.5, 0.6) is 0 Å². The first kappa shape index (κ1) is 38.6. The van der Waals surface area contributed by atoms with Crippen molar-refractivity contribution in [2.45, 2.75) is 180 Å². The summed E-state index contributed by atoms with van der Waals surface area (Å²) in [5.41, 5.74) is 0. The van der Waals surface area contributed by atoms with E-state index >= 15 is 0 Å². The lowest BCUT2D eigenvalue weighted by Crippen LogP contribution is -2.45. The van der Waals surface area contributed by atoms with E-state index in [2.05, 4.69) is 55.6 Å². The Balaban J connectivity index is 3.63. The zero-order chi connectivity index (χ0) is 29.4. The summed E-state index contributed by atoms with van der Waals surface area (Å²) in [5.74, 6) is -0.0513. The summed E-state index contributed by atoms with van der Waals surface area (Å²) in [6.07, 6.45) is 40.4. The third-order valence-electron chi connectivity index (χ3n) is 7.67. The first-order chi connectivity index (χ1) is 19.7. The number of rotatable bonds is 30. The van der Waals surface area contributed by atoms with Gasteiger partial charge in [-0.1, -0.05) is 153 Å². The van der Waals surface area contributed by atoms with Gasteiger partial charge in [-0.15, -0.1) is 0 Å². The second-order valence-electron chi connectivity index (χ2n) is 11.6. The predicted octanol–water partition coefficient (Wildman–Crippen LogP) is 9.90. The SMILES string of the molecule is CCC=CCC=CCC=CCCCCCCCC(=O)NC(CO)C(O)CCCCCCCCCCCCCCC. The quantitative estimate of drug-likeness (QED) is 0.0603. The van der Waals surface area contributed by atoms with Crippen LogP contribution in [-0.4, -0.2) is 34.9 Å². The molecule has 0 saturated heterocycles. The molecule has 0 aromatic heterocycles. The third-order valence-corrected chi connectivity index (χ3v) is 7.67. The fourth-order valence-corrected chi connectivity index (χ4v) is 5.02. The molecule has 0 saturated carbocycles. The van der Waals surface area contributed by atoms with Crippen LogP contribution in [0.4, 0.5) is 0 Å². The summed E-state index contributed by atoms with van der Waals surface area (Å²) in [5, 5.41) is 23.0. The molecule has 0 aromatic carbocycles. The van der Waals surface area contributed by atoms with E-state index in [1.165, 1.54) is 83.5 Å². The van der Waals surface area contributed by atoms with Gasteiger partial charge >= 0.3 is 0 Å². The van der Waals surface area contributed by atoms with E-state index in [-0.39, 0.29) is 12.5 Å². The number of allylic oxidation sites excluding steroid dienone is 6. The molecule has 0 spiro atoms. The van der Waals surface area contributed by atoms with E-state index in [4.69, 9.17) is 0 Å². The van der Waals surface area contributed by atoms with Gasteiger partial charge in [-0.05, 0) is 44.9 Å². The molecule has 4 heteroatoms. The minimum Gasteiger partial charge on any atom is -0.394 e. The van der Waals surface area contributed by atoms with Crippen molar-refractivity contribution < 1.29 is 15.0 Å². The number of aliphatic hydroxyl groups excluding tert-OH is 2. The molecule has 0 aromatic rings. The number of carbonyl (C=O) groups excluding carboxylic acids is 1. The molecule has 0 aliphatic rings. The van der Waals surface area contributed by atoms with E-state index in [0.717, 1.165) is 57.8 Å². The van der Waals surface area contributed by atoms with Crippen molar-refractivity contribution in [2.24, 2.45) is 0 Å². The van der Waals surface area contributed by atoms with Crippen LogP contribution in [0.2, 0.25) is 0 Å². The van der Waals surface area contributed by atoms with Crippen molar-refractivity contribution in [3.63, 3.8) is 0 Å². The van der Waals surface area contributed by atoms with Crippen molar-refractivity contribution in [2.75, 3.05) is 6.61 Å². The van der Waals surface area contributed by atoms with Gasteiger partial charge in [0.1, 0.15) is 0 Å². The average Bonchev–Trinajstić information content (AvgIpc) is 2.96. The lowest BCUT2D eigenvalue weighted by atomic mass is 10.0. The molecule has 40 heavy (non-hydrogen) atoms. The Morgan fingerprint density at radius 3 is 1.65 bits per heavy atom. The summed E-state index contributed by atoms with van der Waals surface area (Å²) in [4.78, 5) is 12.3. The van der Waals surface area contributed by atoms with Crippen LogP contribution in [0.3, 0.4) is 0 Å². The number of hydrogen-bond donors (Lipinski definition) is 3. The molecule has 0 aliphatic carbocycles. The highest BCUT2D eigenvalue weighted by atomic mass is 16.3. The summed E-state index contributed by atoms with van der Waals surface area (Å²) in [7, 11) is 0. The summed E-state index contributed by atoms with van der Waals surface area (Å²) in [6.45, 7) is 4.22. The maximum Gasteiger partial charge on any atom is 0.220 e.